The summed E-state index contributed by atoms with van der Waals surface area (Å²) in [6.45, 7) is 2.73. The number of nitrogens with one attached hydrogen (secondary N) is 2. The average molecular weight is 362 g/mol. The number of nitrogens with zero attached hydrogens (tertiary/aromatic N) is 2. The number of hydrogen-bond acceptors (Lipinski definition) is 2. The van der Waals surface area contributed by atoms with Crippen molar-refractivity contribution in [3.63, 3.8) is 0 Å². The fourth-order valence-electron chi connectivity index (χ4n) is 3.14. The zero-order valence-corrected chi connectivity index (χ0v) is 16.1. The molecule has 0 unspecified atom stereocenters. The molecule has 1 amide bonds. The molecule has 0 aliphatic heterocycles. The average Bonchev–Trinajstić information content (AvgIpc) is 2.61. The third-order valence-electron chi connectivity index (χ3n) is 4.81. The molecule has 0 radical (unpaired) electrons. The molecular formula is C20H31FN4O. The van der Waals surface area contributed by atoms with Gasteiger partial charge >= 0.3 is 0 Å². The summed E-state index contributed by atoms with van der Waals surface area (Å²) in [5.74, 6) is 0.457. The lowest BCUT2D eigenvalue weighted by Gasteiger charge is -2.25. The number of hydrogen-bond donors (Lipinski definition) is 2. The summed E-state index contributed by atoms with van der Waals surface area (Å²) in [5, 5.41) is 6.79. The van der Waals surface area contributed by atoms with E-state index in [0.29, 0.717) is 18.5 Å². The summed E-state index contributed by atoms with van der Waals surface area (Å²) in [6, 6.07) is 5.29. The van der Waals surface area contributed by atoms with Crippen LogP contribution in [0.1, 0.15) is 43.2 Å². The predicted octanol–water partition coefficient (Wildman–Crippen LogP) is 2.63. The van der Waals surface area contributed by atoms with Gasteiger partial charge in [-0.2, -0.15) is 0 Å². The summed E-state index contributed by atoms with van der Waals surface area (Å²) in [7, 11) is 3.47. The lowest BCUT2D eigenvalue weighted by atomic mass is 9.96. The Hall–Kier alpha value is -2.11. The van der Waals surface area contributed by atoms with Crippen LogP contribution in [0.25, 0.3) is 0 Å². The van der Waals surface area contributed by atoms with Crippen molar-refractivity contribution in [2.45, 2.75) is 51.5 Å². The van der Waals surface area contributed by atoms with Crippen LogP contribution in [0.3, 0.4) is 0 Å². The summed E-state index contributed by atoms with van der Waals surface area (Å²) < 4.78 is 13.2. The van der Waals surface area contributed by atoms with Crippen LogP contribution in [0, 0.1) is 12.7 Å². The Morgan fingerprint density at radius 1 is 1.27 bits per heavy atom. The Balaban J connectivity index is 1.93. The number of carbonyl (C=O) groups is 1. The van der Waals surface area contributed by atoms with Crippen LogP contribution in [-0.2, 0) is 11.2 Å². The lowest BCUT2D eigenvalue weighted by molar-refractivity contribution is -0.127. The summed E-state index contributed by atoms with van der Waals surface area (Å²) in [6.07, 6.45) is 6.81. The van der Waals surface area contributed by atoms with Gasteiger partial charge < -0.3 is 15.5 Å². The second-order valence-electron chi connectivity index (χ2n) is 7.18. The minimum atomic E-state index is -0.206. The number of rotatable bonds is 6. The number of aryl methyl sites for hydroxylation is 1. The van der Waals surface area contributed by atoms with E-state index in [-0.39, 0.29) is 18.3 Å². The Bertz CT molecular complexity index is 624. The molecule has 0 bridgehead atoms. The molecule has 2 N–H and O–H groups in total. The molecule has 5 nitrogen and oxygen atoms in total. The largest absolute Gasteiger partial charge is 0.356 e. The smallest absolute Gasteiger partial charge is 0.243 e. The fraction of sp³-hybridized carbons (Fsp3) is 0.600. The second kappa shape index (κ2) is 10.1. The van der Waals surface area contributed by atoms with Crippen LogP contribution in [0.4, 0.5) is 4.39 Å². The predicted molar refractivity (Wildman–Crippen MR) is 104 cm³/mol. The van der Waals surface area contributed by atoms with Crippen molar-refractivity contribution >= 4 is 11.9 Å². The molecule has 0 heterocycles. The lowest BCUT2D eigenvalue weighted by Crippen LogP contribution is -2.45. The molecule has 26 heavy (non-hydrogen) atoms. The number of halogens is 1. The van der Waals surface area contributed by atoms with Crippen molar-refractivity contribution in [2.24, 2.45) is 4.99 Å². The molecular weight excluding hydrogens is 331 g/mol. The van der Waals surface area contributed by atoms with Gasteiger partial charge in [-0.25, -0.2) is 9.38 Å². The first kappa shape index (κ1) is 20.2. The van der Waals surface area contributed by atoms with Crippen molar-refractivity contribution in [1.29, 1.82) is 0 Å². The third kappa shape index (κ3) is 6.65. The quantitative estimate of drug-likeness (QED) is 0.604. The standard InChI is InChI=1S/C20H31FN4O/c1-15-13-17(21)10-9-16(15)11-12-22-20(23-14-19(26)25(2)3)24-18-7-5-4-6-8-18/h9-10,13,18H,4-8,11-12,14H2,1-3H3,(H2,22,23,24). The van der Waals surface area contributed by atoms with Gasteiger partial charge in [-0.1, -0.05) is 25.3 Å². The SMILES string of the molecule is Cc1cc(F)ccc1CCNC(=NCC(=O)N(C)C)NC1CCCCC1. The van der Waals surface area contributed by atoms with Crippen LogP contribution < -0.4 is 10.6 Å². The first-order valence-corrected chi connectivity index (χ1v) is 9.45. The van der Waals surface area contributed by atoms with E-state index in [1.54, 1.807) is 25.1 Å². The number of guanidine groups is 1. The molecule has 1 saturated carbocycles. The van der Waals surface area contributed by atoms with Gasteiger partial charge in [0.05, 0.1) is 0 Å². The maximum absolute atomic E-state index is 13.2. The van der Waals surface area contributed by atoms with Gasteiger partial charge in [0.2, 0.25) is 5.91 Å². The van der Waals surface area contributed by atoms with Crippen molar-refractivity contribution in [3.05, 3.63) is 35.1 Å². The van der Waals surface area contributed by atoms with Crippen LogP contribution >= 0.6 is 0 Å². The maximum atomic E-state index is 13.2. The van der Waals surface area contributed by atoms with Gasteiger partial charge in [-0.15, -0.1) is 0 Å². The summed E-state index contributed by atoms with van der Waals surface area (Å²) in [4.78, 5) is 17.8. The van der Waals surface area contributed by atoms with Crippen molar-refractivity contribution in [1.82, 2.24) is 15.5 Å². The maximum Gasteiger partial charge on any atom is 0.243 e. The van der Waals surface area contributed by atoms with Crippen LogP contribution in [0.2, 0.25) is 0 Å². The minimum Gasteiger partial charge on any atom is -0.356 e. The molecule has 1 aliphatic carbocycles. The zero-order chi connectivity index (χ0) is 18.9. The van der Waals surface area contributed by atoms with Crippen molar-refractivity contribution < 1.29 is 9.18 Å². The van der Waals surface area contributed by atoms with E-state index >= 15 is 0 Å². The fourth-order valence-corrected chi connectivity index (χ4v) is 3.14. The van der Waals surface area contributed by atoms with Crippen molar-refractivity contribution in [3.8, 4) is 0 Å². The summed E-state index contributed by atoms with van der Waals surface area (Å²) >= 11 is 0. The molecule has 0 saturated heterocycles. The highest BCUT2D eigenvalue weighted by Crippen LogP contribution is 2.17. The van der Waals surface area contributed by atoms with Gasteiger partial charge in [0, 0.05) is 26.7 Å². The molecule has 0 aromatic heterocycles. The Morgan fingerprint density at radius 2 is 2.00 bits per heavy atom. The van der Waals surface area contributed by atoms with Gasteiger partial charge in [0.25, 0.3) is 0 Å². The molecule has 2 rings (SSSR count). The monoisotopic (exact) mass is 362 g/mol. The number of aliphatic imine (C=N–C) groups is 1. The molecule has 0 spiro atoms. The van der Waals surface area contributed by atoms with Crippen molar-refractivity contribution in [2.75, 3.05) is 27.2 Å². The highest BCUT2D eigenvalue weighted by atomic mass is 19.1. The van der Waals surface area contributed by atoms with E-state index in [9.17, 15) is 9.18 Å². The van der Waals surface area contributed by atoms with Gasteiger partial charge in [0.1, 0.15) is 12.4 Å². The molecule has 1 aromatic carbocycles. The molecule has 6 heteroatoms. The highest BCUT2D eigenvalue weighted by molar-refractivity contribution is 5.84. The first-order valence-electron chi connectivity index (χ1n) is 9.45. The molecule has 1 fully saturated rings. The van der Waals surface area contributed by atoms with Gasteiger partial charge in [-0.05, 0) is 49.4 Å². The van der Waals surface area contributed by atoms with Crippen LogP contribution in [-0.4, -0.2) is 50.0 Å². The first-order chi connectivity index (χ1) is 12.5. The van der Waals surface area contributed by atoms with Gasteiger partial charge in [-0.3, -0.25) is 4.79 Å². The topological polar surface area (TPSA) is 56.7 Å². The number of carbonyl (C=O) groups excluding carboxylic acids is 1. The molecule has 144 valence electrons. The third-order valence-corrected chi connectivity index (χ3v) is 4.81. The Labute approximate surface area is 156 Å². The zero-order valence-electron chi connectivity index (χ0n) is 16.1. The van der Waals surface area contributed by atoms with E-state index < -0.39 is 0 Å². The van der Waals surface area contributed by atoms with E-state index in [1.165, 1.54) is 25.3 Å². The van der Waals surface area contributed by atoms with Crippen LogP contribution in [0.5, 0.6) is 0 Å². The minimum absolute atomic E-state index is 0.0240. The Morgan fingerprint density at radius 3 is 2.65 bits per heavy atom. The number of amides is 1. The summed E-state index contributed by atoms with van der Waals surface area (Å²) in [5.41, 5.74) is 2.06. The van der Waals surface area contributed by atoms with Gasteiger partial charge in [0.15, 0.2) is 5.96 Å². The van der Waals surface area contributed by atoms with E-state index in [2.05, 4.69) is 15.6 Å². The van der Waals surface area contributed by atoms with Crippen LogP contribution in [0.15, 0.2) is 23.2 Å². The number of benzene rings is 1. The van der Waals surface area contributed by atoms with E-state index in [1.807, 2.05) is 13.0 Å². The molecule has 1 aliphatic rings. The second-order valence-corrected chi connectivity index (χ2v) is 7.18. The van der Waals surface area contributed by atoms with E-state index in [0.717, 1.165) is 30.4 Å². The van der Waals surface area contributed by atoms with E-state index in [4.69, 9.17) is 0 Å². The Kier molecular flexibility index (Phi) is 7.88. The normalized spacial score (nSPS) is 15.6. The molecule has 1 aromatic rings. The number of likely N-dealkylation sites (N-methyl/N-ethyl adjacent to an activating group) is 1. The highest BCUT2D eigenvalue weighted by Gasteiger charge is 2.15. The molecule has 0 atom stereocenters.